The maximum Gasteiger partial charge on any atom is 0.227 e. The largest absolute Gasteiger partial charge is 0.355 e. The normalized spacial score (nSPS) is 19.7. The van der Waals surface area contributed by atoms with Crippen molar-refractivity contribution in [1.82, 2.24) is 5.32 Å². The molecular weight excluding hydrogens is 164 g/mol. The summed E-state index contributed by atoms with van der Waals surface area (Å²) in [5, 5.41) is 2.96. The minimum absolute atomic E-state index is 0.143. The Labute approximate surface area is 80.1 Å². The van der Waals surface area contributed by atoms with Crippen molar-refractivity contribution < 1.29 is 4.79 Å². The molecule has 1 fully saturated rings. The van der Waals surface area contributed by atoms with Gasteiger partial charge in [-0.3, -0.25) is 4.79 Å². The van der Waals surface area contributed by atoms with Gasteiger partial charge in [-0.25, -0.2) is 0 Å². The van der Waals surface area contributed by atoms with Crippen molar-refractivity contribution >= 4 is 5.91 Å². The molecule has 0 spiro atoms. The number of amides is 1. The monoisotopic (exact) mass is 184 g/mol. The van der Waals surface area contributed by atoms with Crippen LogP contribution in [0.2, 0.25) is 0 Å². The van der Waals surface area contributed by atoms with Gasteiger partial charge in [0.15, 0.2) is 0 Å². The van der Waals surface area contributed by atoms with Gasteiger partial charge >= 0.3 is 0 Å². The number of rotatable bonds is 3. The van der Waals surface area contributed by atoms with Gasteiger partial charge in [0.25, 0.3) is 0 Å². The number of hydrogen-bond acceptors (Lipinski definition) is 2. The highest BCUT2D eigenvalue weighted by Crippen LogP contribution is 2.44. The van der Waals surface area contributed by atoms with Gasteiger partial charge in [0.1, 0.15) is 0 Å². The van der Waals surface area contributed by atoms with Crippen LogP contribution in [-0.4, -0.2) is 19.0 Å². The van der Waals surface area contributed by atoms with Gasteiger partial charge in [0.2, 0.25) is 5.91 Å². The molecule has 1 amide bonds. The Bertz CT molecular complexity index is 201. The molecule has 1 aliphatic rings. The lowest BCUT2D eigenvalue weighted by molar-refractivity contribution is -0.126. The molecule has 0 aromatic rings. The van der Waals surface area contributed by atoms with Crippen molar-refractivity contribution in [3.05, 3.63) is 0 Å². The number of nitrogens with two attached hydrogens (primary N) is 1. The molecule has 1 aliphatic carbocycles. The molecule has 1 rings (SSSR count). The predicted molar refractivity (Wildman–Crippen MR) is 53.2 cm³/mol. The molecule has 3 nitrogen and oxygen atoms in total. The Morgan fingerprint density at radius 3 is 2.31 bits per heavy atom. The Morgan fingerprint density at radius 1 is 1.46 bits per heavy atom. The molecule has 0 bridgehead atoms. The third-order valence-corrected chi connectivity index (χ3v) is 2.51. The molecule has 76 valence electrons. The lowest BCUT2D eigenvalue weighted by atomic mass is 9.96. The first-order chi connectivity index (χ1) is 5.90. The van der Waals surface area contributed by atoms with Gasteiger partial charge < -0.3 is 11.1 Å². The SMILES string of the molecule is CC(C)(C)CNC(=O)C1(CN)CC1. The average molecular weight is 184 g/mol. The summed E-state index contributed by atoms with van der Waals surface area (Å²) < 4.78 is 0. The molecular formula is C10H20N2O. The van der Waals surface area contributed by atoms with Gasteiger partial charge in [0, 0.05) is 13.1 Å². The Morgan fingerprint density at radius 2 is 2.00 bits per heavy atom. The molecule has 1 saturated carbocycles. The number of carbonyl (C=O) groups is 1. The van der Waals surface area contributed by atoms with Gasteiger partial charge in [-0.15, -0.1) is 0 Å². The second kappa shape index (κ2) is 3.29. The highest BCUT2D eigenvalue weighted by atomic mass is 16.2. The van der Waals surface area contributed by atoms with Crippen LogP contribution in [0.25, 0.3) is 0 Å². The minimum Gasteiger partial charge on any atom is -0.355 e. The smallest absolute Gasteiger partial charge is 0.227 e. The Hall–Kier alpha value is -0.570. The first kappa shape index (κ1) is 10.5. The summed E-state index contributed by atoms with van der Waals surface area (Å²) in [6.45, 7) is 7.54. The second-order valence-corrected chi connectivity index (χ2v) is 5.23. The van der Waals surface area contributed by atoms with E-state index in [9.17, 15) is 4.79 Å². The molecule has 0 aromatic carbocycles. The van der Waals surface area contributed by atoms with Crippen LogP contribution in [-0.2, 0) is 4.79 Å². The van der Waals surface area contributed by atoms with Gasteiger partial charge in [0.05, 0.1) is 5.41 Å². The standard InChI is InChI=1S/C10H20N2O/c1-9(2,3)7-12-8(13)10(6-11)4-5-10/h4-7,11H2,1-3H3,(H,12,13). The van der Waals surface area contributed by atoms with Crippen molar-refractivity contribution in [2.75, 3.05) is 13.1 Å². The number of nitrogens with one attached hydrogen (secondary N) is 1. The maximum absolute atomic E-state index is 11.6. The fourth-order valence-corrected chi connectivity index (χ4v) is 1.21. The molecule has 0 heterocycles. The van der Waals surface area contributed by atoms with Crippen LogP contribution in [0.4, 0.5) is 0 Å². The number of hydrogen-bond donors (Lipinski definition) is 2. The van der Waals surface area contributed by atoms with Crippen LogP contribution in [0.3, 0.4) is 0 Å². The molecule has 0 radical (unpaired) electrons. The van der Waals surface area contributed by atoms with E-state index in [2.05, 4.69) is 26.1 Å². The highest BCUT2D eigenvalue weighted by molar-refractivity contribution is 5.85. The zero-order valence-corrected chi connectivity index (χ0v) is 8.81. The average Bonchev–Trinajstić information content (AvgIpc) is 2.79. The lowest BCUT2D eigenvalue weighted by Crippen LogP contribution is -2.40. The van der Waals surface area contributed by atoms with E-state index in [1.54, 1.807) is 0 Å². The van der Waals surface area contributed by atoms with E-state index in [1.807, 2.05) is 0 Å². The van der Waals surface area contributed by atoms with Crippen LogP contribution in [0.1, 0.15) is 33.6 Å². The van der Waals surface area contributed by atoms with Crippen LogP contribution in [0.5, 0.6) is 0 Å². The Kier molecular flexibility index (Phi) is 2.66. The van der Waals surface area contributed by atoms with Crippen LogP contribution < -0.4 is 11.1 Å². The van der Waals surface area contributed by atoms with Crippen molar-refractivity contribution in [3.8, 4) is 0 Å². The third kappa shape index (κ3) is 2.69. The van der Waals surface area contributed by atoms with Crippen LogP contribution >= 0.6 is 0 Å². The summed E-state index contributed by atoms with van der Waals surface area (Å²) >= 11 is 0. The van der Waals surface area contributed by atoms with Crippen LogP contribution in [0.15, 0.2) is 0 Å². The van der Waals surface area contributed by atoms with Crippen molar-refractivity contribution in [2.24, 2.45) is 16.6 Å². The quantitative estimate of drug-likeness (QED) is 0.684. The summed E-state index contributed by atoms with van der Waals surface area (Å²) in [5.74, 6) is 0.143. The summed E-state index contributed by atoms with van der Waals surface area (Å²) in [4.78, 5) is 11.6. The molecule has 0 atom stereocenters. The first-order valence-electron chi connectivity index (χ1n) is 4.88. The first-order valence-corrected chi connectivity index (χ1v) is 4.88. The molecule has 3 N–H and O–H groups in total. The summed E-state index contributed by atoms with van der Waals surface area (Å²) in [5.41, 5.74) is 5.50. The predicted octanol–water partition coefficient (Wildman–Crippen LogP) is 0.888. The summed E-state index contributed by atoms with van der Waals surface area (Å²) in [6.07, 6.45) is 1.92. The second-order valence-electron chi connectivity index (χ2n) is 5.23. The van der Waals surface area contributed by atoms with Crippen molar-refractivity contribution in [1.29, 1.82) is 0 Å². The van der Waals surface area contributed by atoms with Gasteiger partial charge in [-0.2, -0.15) is 0 Å². The highest BCUT2D eigenvalue weighted by Gasteiger charge is 2.48. The van der Waals surface area contributed by atoms with E-state index < -0.39 is 0 Å². The van der Waals surface area contributed by atoms with Crippen molar-refractivity contribution in [3.63, 3.8) is 0 Å². The van der Waals surface area contributed by atoms with E-state index in [0.717, 1.165) is 19.4 Å². The fourth-order valence-electron chi connectivity index (χ4n) is 1.21. The van der Waals surface area contributed by atoms with Crippen molar-refractivity contribution in [2.45, 2.75) is 33.6 Å². The van der Waals surface area contributed by atoms with Crippen LogP contribution in [0, 0.1) is 10.8 Å². The summed E-state index contributed by atoms with van der Waals surface area (Å²) in [6, 6.07) is 0. The lowest BCUT2D eigenvalue weighted by Gasteiger charge is -2.21. The van der Waals surface area contributed by atoms with Gasteiger partial charge in [-0.05, 0) is 18.3 Å². The third-order valence-electron chi connectivity index (χ3n) is 2.51. The zero-order chi connectivity index (χ0) is 10.1. The molecule has 0 unspecified atom stereocenters. The Balaban J connectivity index is 2.34. The minimum atomic E-state index is -0.203. The topological polar surface area (TPSA) is 55.1 Å². The molecule has 0 saturated heterocycles. The zero-order valence-electron chi connectivity index (χ0n) is 8.81. The van der Waals surface area contributed by atoms with E-state index in [1.165, 1.54) is 0 Å². The number of carbonyl (C=O) groups excluding carboxylic acids is 1. The van der Waals surface area contributed by atoms with E-state index in [-0.39, 0.29) is 16.7 Å². The maximum atomic E-state index is 11.6. The molecule has 3 heteroatoms. The van der Waals surface area contributed by atoms with E-state index >= 15 is 0 Å². The fraction of sp³-hybridized carbons (Fsp3) is 0.900. The summed E-state index contributed by atoms with van der Waals surface area (Å²) in [7, 11) is 0. The van der Waals surface area contributed by atoms with E-state index in [0.29, 0.717) is 6.54 Å². The van der Waals surface area contributed by atoms with E-state index in [4.69, 9.17) is 5.73 Å². The molecule has 13 heavy (non-hydrogen) atoms. The van der Waals surface area contributed by atoms with Gasteiger partial charge in [-0.1, -0.05) is 20.8 Å². The molecule has 0 aliphatic heterocycles. The molecule has 0 aromatic heterocycles.